The fourth-order valence-corrected chi connectivity index (χ4v) is 4.80. The molecule has 2 fully saturated rings. The van der Waals surface area contributed by atoms with Gasteiger partial charge in [-0.3, -0.25) is 19.5 Å². The number of hydrogen-bond acceptors (Lipinski definition) is 6. The molecule has 2 aromatic rings. The zero-order valence-electron chi connectivity index (χ0n) is 17.8. The molecule has 0 radical (unpaired) electrons. The molecule has 0 aliphatic carbocycles. The summed E-state index contributed by atoms with van der Waals surface area (Å²) in [7, 11) is 0. The first-order chi connectivity index (χ1) is 15.1. The summed E-state index contributed by atoms with van der Waals surface area (Å²) in [6.45, 7) is 5.47. The van der Waals surface area contributed by atoms with Gasteiger partial charge in [0.25, 0.3) is 5.91 Å². The Labute approximate surface area is 182 Å². The van der Waals surface area contributed by atoms with E-state index < -0.39 is 0 Å². The highest BCUT2D eigenvalue weighted by Crippen LogP contribution is 2.31. The summed E-state index contributed by atoms with van der Waals surface area (Å²) in [4.78, 5) is 40.6. The molecular formula is C23H28N6O2. The van der Waals surface area contributed by atoms with Gasteiger partial charge in [-0.05, 0) is 44.5 Å². The lowest BCUT2D eigenvalue weighted by Crippen LogP contribution is -2.63. The number of nitrogens with zero attached hydrogens (tertiary/aromatic N) is 5. The second-order valence-corrected chi connectivity index (χ2v) is 8.69. The number of aromatic nitrogens is 2. The number of fused-ring (bicyclic) bond motifs is 1. The first-order valence-electron chi connectivity index (χ1n) is 11.1. The van der Waals surface area contributed by atoms with E-state index in [1.807, 2.05) is 23.1 Å². The van der Waals surface area contributed by atoms with Gasteiger partial charge in [0.15, 0.2) is 5.82 Å². The Hall–Kier alpha value is -3.00. The van der Waals surface area contributed by atoms with Crippen molar-refractivity contribution in [3.05, 3.63) is 47.9 Å². The molecule has 2 amide bonds. The van der Waals surface area contributed by atoms with E-state index in [4.69, 9.17) is 0 Å². The van der Waals surface area contributed by atoms with Crippen LogP contribution in [0.3, 0.4) is 0 Å². The third-order valence-corrected chi connectivity index (χ3v) is 6.63. The van der Waals surface area contributed by atoms with Crippen molar-refractivity contribution in [3.8, 4) is 0 Å². The third kappa shape index (κ3) is 3.87. The Morgan fingerprint density at radius 3 is 2.87 bits per heavy atom. The quantitative estimate of drug-likeness (QED) is 0.816. The van der Waals surface area contributed by atoms with Crippen LogP contribution in [0, 0.1) is 0 Å². The van der Waals surface area contributed by atoms with Gasteiger partial charge in [-0.25, -0.2) is 4.98 Å². The first kappa shape index (κ1) is 19.9. The SMILES string of the molecule is CC1CCCCN1C1CN(C(=O)c2cnc3c(c2)N(Cc2ccccn2)C(=O)CN3)C1. The molecule has 2 saturated heterocycles. The Bertz CT molecular complexity index is 975. The van der Waals surface area contributed by atoms with Gasteiger partial charge in [-0.15, -0.1) is 0 Å². The van der Waals surface area contributed by atoms with E-state index in [0.29, 0.717) is 35.7 Å². The minimum atomic E-state index is -0.0624. The second kappa shape index (κ2) is 8.26. The minimum Gasteiger partial charge on any atom is -0.359 e. The number of hydrogen-bond donors (Lipinski definition) is 1. The molecule has 3 aliphatic rings. The van der Waals surface area contributed by atoms with E-state index in [-0.39, 0.29) is 18.4 Å². The van der Waals surface area contributed by atoms with Crippen LogP contribution in [0.25, 0.3) is 0 Å². The summed E-state index contributed by atoms with van der Waals surface area (Å²) < 4.78 is 0. The molecule has 0 saturated carbocycles. The lowest BCUT2D eigenvalue weighted by molar-refractivity contribution is -0.117. The lowest BCUT2D eigenvalue weighted by atomic mass is 9.97. The number of likely N-dealkylation sites (tertiary alicyclic amines) is 2. The fourth-order valence-electron chi connectivity index (χ4n) is 4.80. The van der Waals surface area contributed by atoms with Crippen molar-refractivity contribution in [2.75, 3.05) is 36.4 Å². The molecule has 8 nitrogen and oxygen atoms in total. The summed E-state index contributed by atoms with van der Waals surface area (Å²) in [5.74, 6) is 0.537. The molecule has 1 N–H and O–H groups in total. The molecule has 0 spiro atoms. The summed E-state index contributed by atoms with van der Waals surface area (Å²) >= 11 is 0. The monoisotopic (exact) mass is 420 g/mol. The summed E-state index contributed by atoms with van der Waals surface area (Å²) in [6, 6.07) is 8.47. The van der Waals surface area contributed by atoms with Gasteiger partial charge in [0, 0.05) is 37.6 Å². The first-order valence-corrected chi connectivity index (χ1v) is 11.1. The van der Waals surface area contributed by atoms with Crippen LogP contribution >= 0.6 is 0 Å². The van der Waals surface area contributed by atoms with Gasteiger partial charge in [-0.1, -0.05) is 12.5 Å². The third-order valence-electron chi connectivity index (χ3n) is 6.63. The maximum Gasteiger partial charge on any atom is 0.255 e. The number of carbonyl (C=O) groups is 2. The Balaban J connectivity index is 1.31. The lowest BCUT2D eigenvalue weighted by Gasteiger charge is -2.49. The molecular weight excluding hydrogens is 392 g/mol. The van der Waals surface area contributed by atoms with E-state index in [9.17, 15) is 9.59 Å². The molecule has 2 aromatic heterocycles. The molecule has 1 unspecified atom stereocenters. The number of anilines is 2. The Kier molecular flexibility index (Phi) is 5.31. The predicted octanol–water partition coefficient (Wildman–Crippen LogP) is 2.13. The van der Waals surface area contributed by atoms with E-state index >= 15 is 0 Å². The van der Waals surface area contributed by atoms with E-state index in [2.05, 4.69) is 27.1 Å². The van der Waals surface area contributed by atoms with Crippen LogP contribution in [0.1, 0.15) is 42.2 Å². The highest BCUT2D eigenvalue weighted by Gasteiger charge is 2.38. The fraction of sp³-hybridized carbons (Fsp3) is 0.478. The van der Waals surface area contributed by atoms with Crippen LogP contribution in [-0.4, -0.2) is 69.8 Å². The summed E-state index contributed by atoms with van der Waals surface area (Å²) in [5, 5.41) is 3.05. The minimum absolute atomic E-state index is 0.0213. The van der Waals surface area contributed by atoms with Crippen molar-refractivity contribution in [2.24, 2.45) is 0 Å². The van der Waals surface area contributed by atoms with Crippen LogP contribution in [0.4, 0.5) is 11.5 Å². The normalized spacial score (nSPS) is 22.0. The van der Waals surface area contributed by atoms with Crippen LogP contribution < -0.4 is 10.2 Å². The topological polar surface area (TPSA) is 81.7 Å². The summed E-state index contributed by atoms with van der Waals surface area (Å²) in [5.41, 5.74) is 1.95. The molecule has 31 heavy (non-hydrogen) atoms. The molecule has 1 atom stereocenters. The molecule has 0 bridgehead atoms. The number of pyridine rings is 2. The van der Waals surface area contributed by atoms with E-state index in [0.717, 1.165) is 25.3 Å². The number of piperidine rings is 1. The second-order valence-electron chi connectivity index (χ2n) is 8.69. The summed E-state index contributed by atoms with van der Waals surface area (Å²) in [6.07, 6.45) is 7.11. The molecule has 162 valence electrons. The molecule has 0 aromatic carbocycles. The van der Waals surface area contributed by atoms with E-state index in [1.165, 1.54) is 19.3 Å². The van der Waals surface area contributed by atoms with Crippen molar-refractivity contribution < 1.29 is 9.59 Å². The van der Waals surface area contributed by atoms with Crippen LogP contribution in [0.15, 0.2) is 36.7 Å². The molecule has 3 aliphatic heterocycles. The highest BCUT2D eigenvalue weighted by atomic mass is 16.2. The molecule has 5 rings (SSSR count). The highest BCUT2D eigenvalue weighted by molar-refractivity contribution is 6.04. The number of carbonyl (C=O) groups excluding carboxylic acids is 2. The van der Waals surface area contributed by atoms with Crippen molar-refractivity contribution in [3.63, 3.8) is 0 Å². The van der Waals surface area contributed by atoms with Crippen molar-refractivity contribution in [1.82, 2.24) is 19.8 Å². The van der Waals surface area contributed by atoms with Crippen LogP contribution in [0.2, 0.25) is 0 Å². The van der Waals surface area contributed by atoms with Gasteiger partial charge in [0.1, 0.15) is 0 Å². The van der Waals surface area contributed by atoms with Crippen molar-refractivity contribution >= 4 is 23.3 Å². The van der Waals surface area contributed by atoms with Gasteiger partial charge in [0.2, 0.25) is 5.91 Å². The number of amides is 2. The maximum absolute atomic E-state index is 13.1. The average molecular weight is 421 g/mol. The van der Waals surface area contributed by atoms with Crippen molar-refractivity contribution in [1.29, 1.82) is 0 Å². The van der Waals surface area contributed by atoms with Gasteiger partial charge < -0.3 is 15.1 Å². The van der Waals surface area contributed by atoms with Gasteiger partial charge in [0.05, 0.1) is 30.0 Å². The van der Waals surface area contributed by atoms with Gasteiger partial charge in [-0.2, -0.15) is 0 Å². The number of nitrogens with one attached hydrogen (secondary N) is 1. The van der Waals surface area contributed by atoms with E-state index in [1.54, 1.807) is 23.4 Å². The zero-order chi connectivity index (χ0) is 21.4. The standard InChI is InChI=1S/C23H28N6O2/c1-16-6-3-5-9-28(16)19-14-27(15-19)23(31)17-10-20-22(25-11-17)26-12-21(30)29(20)13-18-7-2-4-8-24-18/h2,4,7-8,10-11,16,19H,3,5-6,9,12-15H2,1H3,(H,25,26). The average Bonchev–Trinajstić information content (AvgIpc) is 2.76. The largest absolute Gasteiger partial charge is 0.359 e. The molecule has 5 heterocycles. The van der Waals surface area contributed by atoms with Crippen LogP contribution in [-0.2, 0) is 11.3 Å². The van der Waals surface area contributed by atoms with Crippen molar-refractivity contribution in [2.45, 2.75) is 44.8 Å². The number of rotatable bonds is 4. The molecule has 8 heteroatoms. The Morgan fingerprint density at radius 2 is 2.10 bits per heavy atom. The predicted molar refractivity (Wildman–Crippen MR) is 118 cm³/mol. The Morgan fingerprint density at radius 1 is 1.23 bits per heavy atom. The zero-order valence-corrected chi connectivity index (χ0v) is 17.8. The van der Waals surface area contributed by atoms with Gasteiger partial charge >= 0.3 is 0 Å². The van der Waals surface area contributed by atoms with Crippen LogP contribution in [0.5, 0.6) is 0 Å². The smallest absolute Gasteiger partial charge is 0.255 e. The maximum atomic E-state index is 13.1.